The first-order chi connectivity index (χ1) is 12.9. The average Bonchev–Trinajstić information content (AvgIpc) is 2.66. The van der Waals surface area contributed by atoms with Crippen LogP contribution in [0.4, 0.5) is 0 Å². The third-order valence-corrected chi connectivity index (χ3v) is 4.21. The summed E-state index contributed by atoms with van der Waals surface area (Å²) in [6.45, 7) is 9.12. The van der Waals surface area contributed by atoms with E-state index in [1.54, 1.807) is 36.4 Å². The van der Waals surface area contributed by atoms with Crippen LogP contribution in [0.5, 0.6) is 5.75 Å². The van der Waals surface area contributed by atoms with Crippen LogP contribution < -0.4 is 15.6 Å². The molecule has 2 N–H and O–H groups in total. The van der Waals surface area contributed by atoms with Crippen molar-refractivity contribution < 1.29 is 14.3 Å². The van der Waals surface area contributed by atoms with Crippen molar-refractivity contribution in [3.63, 3.8) is 0 Å². The van der Waals surface area contributed by atoms with Crippen LogP contribution in [0.15, 0.2) is 48.5 Å². The van der Waals surface area contributed by atoms with E-state index in [2.05, 4.69) is 38.5 Å². The zero-order valence-corrected chi connectivity index (χ0v) is 16.4. The van der Waals surface area contributed by atoms with Crippen LogP contribution in [0.3, 0.4) is 0 Å². The predicted molar refractivity (Wildman–Crippen MR) is 107 cm³/mol. The Morgan fingerprint density at radius 3 is 1.74 bits per heavy atom. The topological polar surface area (TPSA) is 67.4 Å². The van der Waals surface area contributed by atoms with Gasteiger partial charge >= 0.3 is 0 Å². The molecule has 0 radical (unpaired) electrons. The van der Waals surface area contributed by atoms with Gasteiger partial charge < -0.3 is 4.74 Å². The van der Waals surface area contributed by atoms with Gasteiger partial charge in [0.25, 0.3) is 11.8 Å². The van der Waals surface area contributed by atoms with E-state index in [0.29, 0.717) is 29.6 Å². The highest BCUT2D eigenvalue weighted by atomic mass is 16.5. The Labute approximate surface area is 161 Å². The summed E-state index contributed by atoms with van der Waals surface area (Å²) in [5, 5.41) is 0. The summed E-state index contributed by atoms with van der Waals surface area (Å²) in [7, 11) is 0. The predicted octanol–water partition coefficient (Wildman–Crippen LogP) is 4.31. The van der Waals surface area contributed by atoms with Crippen molar-refractivity contribution in [2.75, 3.05) is 6.61 Å². The lowest BCUT2D eigenvalue weighted by Gasteiger charge is -2.10. The van der Waals surface area contributed by atoms with Crippen molar-refractivity contribution in [1.29, 1.82) is 0 Å². The number of carbonyl (C=O) groups excluding carboxylic acids is 2. The number of benzene rings is 2. The molecule has 0 unspecified atom stereocenters. The first-order valence-corrected chi connectivity index (χ1v) is 9.30. The number of hydrogen-bond acceptors (Lipinski definition) is 3. The van der Waals surface area contributed by atoms with Crippen molar-refractivity contribution in [3.8, 4) is 5.75 Å². The van der Waals surface area contributed by atoms with Gasteiger partial charge in [-0.2, -0.15) is 0 Å². The number of ether oxygens (including phenoxy) is 1. The summed E-state index contributed by atoms with van der Waals surface area (Å²) in [6, 6.07) is 14.2. The third kappa shape index (κ3) is 6.44. The molecule has 2 aromatic rings. The third-order valence-electron chi connectivity index (χ3n) is 4.21. The number of carbonyl (C=O) groups is 2. The van der Waals surface area contributed by atoms with Crippen LogP contribution in [0.2, 0.25) is 0 Å². The molecule has 0 heterocycles. The van der Waals surface area contributed by atoms with Gasteiger partial charge in [-0.1, -0.05) is 39.8 Å². The van der Waals surface area contributed by atoms with Gasteiger partial charge in [-0.25, -0.2) is 0 Å². The van der Waals surface area contributed by atoms with Crippen LogP contribution in [-0.2, 0) is 0 Å². The molecule has 0 bridgehead atoms. The fourth-order valence-electron chi connectivity index (χ4n) is 2.39. The molecule has 0 saturated heterocycles. The fourth-order valence-corrected chi connectivity index (χ4v) is 2.39. The molecule has 2 aromatic carbocycles. The molecule has 0 saturated carbocycles. The lowest BCUT2D eigenvalue weighted by atomic mass is 10.0. The molecule has 5 heteroatoms. The van der Waals surface area contributed by atoms with Gasteiger partial charge in [-0.05, 0) is 60.2 Å². The molecule has 0 spiro atoms. The average molecular weight is 368 g/mol. The van der Waals surface area contributed by atoms with Crippen molar-refractivity contribution in [1.82, 2.24) is 10.9 Å². The van der Waals surface area contributed by atoms with E-state index in [1.165, 1.54) is 0 Å². The number of hydrazine groups is 1. The minimum atomic E-state index is -0.379. The summed E-state index contributed by atoms with van der Waals surface area (Å²) in [5.41, 5.74) is 6.97. The molecule has 2 amide bonds. The Hall–Kier alpha value is -2.82. The second-order valence-corrected chi connectivity index (χ2v) is 7.24. The number of amides is 2. The van der Waals surface area contributed by atoms with Gasteiger partial charge in [-0.15, -0.1) is 0 Å². The highest BCUT2D eigenvalue weighted by Gasteiger charge is 2.10. The van der Waals surface area contributed by atoms with Crippen LogP contribution in [0.1, 0.15) is 66.3 Å². The molecule has 27 heavy (non-hydrogen) atoms. The van der Waals surface area contributed by atoms with E-state index < -0.39 is 0 Å². The molecule has 144 valence electrons. The number of hydrogen-bond donors (Lipinski definition) is 2. The zero-order valence-electron chi connectivity index (χ0n) is 16.4. The molecule has 5 nitrogen and oxygen atoms in total. The smallest absolute Gasteiger partial charge is 0.269 e. The lowest BCUT2D eigenvalue weighted by Crippen LogP contribution is -2.41. The highest BCUT2D eigenvalue weighted by molar-refractivity contribution is 5.99. The molecular formula is C22H28N2O3. The molecule has 0 aromatic heterocycles. The maximum absolute atomic E-state index is 12.2. The Kier molecular flexibility index (Phi) is 7.41. The van der Waals surface area contributed by atoms with Crippen LogP contribution in [0, 0.1) is 5.92 Å². The van der Waals surface area contributed by atoms with Crippen molar-refractivity contribution in [2.24, 2.45) is 5.92 Å². The van der Waals surface area contributed by atoms with E-state index in [0.717, 1.165) is 17.7 Å². The Balaban J connectivity index is 1.84. The molecule has 0 aliphatic rings. The van der Waals surface area contributed by atoms with Crippen molar-refractivity contribution in [3.05, 3.63) is 65.2 Å². The summed E-state index contributed by atoms with van der Waals surface area (Å²) in [5.74, 6) is 0.976. The maximum atomic E-state index is 12.2. The highest BCUT2D eigenvalue weighted by Crippen LogP contribution is 2.15. The normalized spacial score (nSPS) is 10.7. The molecule has 0 atom stereocenters. The Bertz CT molecular complexity index is 750. The van der Waals surface area contributed by atoms with Crippen molar-refractivity contribution >= 4 is 11.8 Å². The first kappa shape index (κ1) is 20.5. The largest absolute Gasteiger partial charge is 0.494 e. The van der Waals surface area contributed by atoms with Gasteiger partial charge in [0.1, 0.15) is 5.75 Å². The standard InChI is InChI=1S/C22H28N2O3/c1-15(2)13-14-27-20-11-9-19(10-12-20)22(26)24-23-21(25)18-7-5-17(6-8-18)16(3)4/h5-12,15-16H,13-14H2,1-4H3,(H,23,25)(H,24,26). The minimum absolute atomic E-state index is 0.354. The number of nitrogens with one attached hydrogen (secondary N) is 2. The van der Waals surface area contributed by atoms with Crippen LogP contribution in [0.25, 0.3) is 0 Å². The molecule has 0 aliphatic heterocycles. The first-order valence-electron chi connectivity index (χ1n) is 9.30. The van der Waals surface area contributed by atoms with Gasteiger partial charge in [-0.3, -0.25) is 20.4 Å². The summed E-state index contributed by atoms with van der Waals surface area (Å²) < 4.78 is 5.63. The lowest BCUT2D eigenvalue weighted by molar-refractivity contribution is 0.0846. The van der Waals surface area contributed by atoms with Gasteiger partial charge in [0.05, 0.1) is 6.61 Å². The zero-order chi connectivity index (χ0) is 19.8. The monoisotopic (exact) mass is 368 g/mol. The van der Waals surface area contributed by atoms with E-state index in [4.69, 9.17) is 4.74 Å². The van der Waals surface area contributed by atoms with E-state index in [-0.39, 0.29) is 11.8 Å². The van der Waals surface area contributed by atoms with E-state index >= 15 is 0 Å². The molecule has 0 aliphatic carbocycles. The second kappa shape index (κ2) is 9.76. The quantitative estimate of drug-likeness (QED) is 0.716. The molecule has 2 rings (SSSR count). The minimum Gasteiger partial charge on any atom is -0.494 e. The van der Waals surface area contributed by atoms with E-state index in [1.807, 2.05) is 12.1 Å². The molecule has 0 fully saturated rings. The van der Waals surface area contributed by atoms with Crippen LogP contribution in [-0.4, -0.2) is 18.4 Å². The van der Waals surface area contributed by atoms with Gasteiger partial charge in [0, 0.05) is 11.1 Å². The van der Waals surface area contributed by atoms with E-state index in [9.17, 15) is 9.59 Å². The SMILES string of the molecule is CC(C)CCOc1ccc(C(=O)NNC(=O)c2ccc(C(C)C)cc2)cc1. The summed E-state index contributed by atoms with van der Waals surface area (Å²) in [4.78, 5) is 24.3. The number of rotatable bonds is 7. The summed E-state index contributed by atoms with van der Waals surface area (Å²) >= 11 is 0. The Morgan fingerprint density at radius 2 is 1.30 bits per heavy atom. The van der Waals surface area contributed by atoms with Gasteiger partial charge in [0.2, 0.25) is 0 Å². The van der Waals surface area contributed by atoms with Crippen molar-refractivity contribution in [2.45, 2.75) is 40.0 Å². The Morgan fingerprint density at radius 1 is 0.815 bits per heavy atom. The fraction of sp³-hybridized carbons (Fsp3) is 0.364. The summed E-state index contributed by atoms with van der Waals surface area (Å²) in [6.07, 6.45) is 0.979. The van der Waals surface area contributed by atoms with Gasteiger partial charge in [0.15, 0.2) is 0 Å². The van der Waals surface area contributed by atoms with Crippen LogP contribution >= 0.6 is 0 Å². The second-order valence-electron chi connectivity index (χ2n) is 7.24. The maximum Gasteiger partial charge on any atom is 0.269 e. The molecular weight excluding hydrogens is 340 g/mol.